The van der Waals surface area contributed by atoms with E-state index in [9.17, 15) is 14.7 Å². The summed E-state index contributed by atoms with van der Waals surface area (Å²) in [5.74, 6) is -0.991. The molecule has 0 spiro atoms. The van der Waals surface area contributed by atoms with E-state index in [1.807, 2.05) is 90.8 Å². The number of fused-ring (bicyclic) bond motifs is 1. The molecule has 0 fully saturated rings. The first kappa shape index (κ1) is 26.7. The lowest BCUT2D eigenvalue weighted by atomic mass is 9.88. The average molecular weight is 535 g/mol. The quantitative estimate of drug-likeness (QED) is 0.195. The number of carbonyl (C=O) groups excluding carboxylic acids is 1. The first-order valence-electron chi connectivity index (χ1n) is 13.2. The van der Waals surface area contributed by atoms with Gasteiger partial charge in [-0.05, 0) is 48.2 Å². The van der Waals surface area contributed by atoms with Gasteiger partial charge in [-0.3, -0.25) is 9.59 Å². The first-order valence-corrected chi connectivity index (χ1v) is 13.2. The summed E-state index contributed by atoms with van der Waals surface area (Å²) in [5.41, 5.74) is 4.28. The minimum Gasteiger partial charge on any atom is -0.492 e. The van der Waals surface area contributed by atoms with Crippen LogP contribution in [0, 0.1) is 5.92 Å². The molecular weight excluding hydrogens is 504 g/mol. The Morgan fingerprint density at radius 2 is 1.57 bits per heavy atom. The number of nitrogens with zero attached hydrogens (tertiary/aromatic N) is 2. The number of carboxylic acids is 1. The fraction of sp³-hybridized carbons (Fsp3) is 0.182. The van der Waals surface area contributed by atoms with E-state index in [2.05, 4.69) is 4.98 Å². The molecular formula is C33H30N2O5. The predicted molar refractivity (Wildman–Crippen MR) is 154 cm³/mol. The number of hydrogen-bond donors (Lipinski definition) is 1. The Kier molecular flexibility index (Phi) is 8.21. The Morgan fingerprint density at radius 3 is 2.33 bits per heavy atom. The van der Waals surface area contributed by atoms with Gasteiger partial charge in [-0.25, -0.2) is 0 Å². The van der Waals surface area contributed by atoms with E-state index in [0.29, 0.717) is 42.5 Å². The minimum absolute atomic E-state index is 0.108. The van der Waals surface area contributed by atoms with Gasteiger partial charge in [0.25, 0.3) is 6.01 Å². The lowest BCUT2D eigenvalue weighted by molar-refractivity contribution is -0.141. The molecule has 7 heteroatoms. The van der Waals surface area contributed by atoms with Crippen LogP contribution < -0.4 is 9.64 Å². The number of para-hydroxylation sites is 2. The summed E-state index contributed by atoms with van der Waals surface area (Å²) in [4.78, 5) is 31.7. The number of hydrogen-bond acceptors (Lipinski definition) is 6. The van der Waals surface area contributed by atoms with Crippen molar-refractivity contribution >= 4 is 28.9 Å². The molecule has 1 heterocycles. The molecule has 0 saturated carbocycles. The maximum Gasteiger partial charge on any atom is 0.307 e. The van der Waals surface area contributed by atoms with Gasteiger partial charge in [0.1, 0.15) is 17.9 Å². The Balaban J connectivity index is 1.18. The van der Waals surface area contributed by atoms with Crippen molar-refractivity contribution < 1.29 is 23.8 Å². The molecule has 0 aliphatic carbocycles. The number of aliphatic carboxylic acids is 1. The van der Waals surface area contributed by atoms with Crippen LogP contribution >= 0.6 is 0 Å². The number of ketones is 1. The van der Waals surface area contributed by atoms with Gasteiger partial charge < -0.3 is 19.2 Å². The fourth-order valence-electron chi connectivity index (χ4n) is 4.60. The maximum absolute atomic E-state index is 13.1. The van der Waals surface area contributed by atoms with Gasteiger partial charge >= 0.3 is 5.97 Å². The summed E-state index contributed by atoms with van der Waals surface area (Å²) in [6.45, 7) is 1.01. The number of anilines is 1. The standard InChI is InChI=1S/C33H30N2O5/c1-35(33-34-29-13-7-8-14-30(29)40-33)19-20-39-27-17-15-23(16-18-27)21-26(32(37)38)22-25-11-5-6-12-28(25)31(36)24-9-3-2-4-10-24/h2-18,26H,19-22H2,1H3,(H,37,38). The van der Waals surface area contributed by atoms with Gasteiger partial charge in [0.05, 0.1) is 12.5 Å². The molecule has 7 nitrogen and oxygen atoms in total. The second-order valence-corrected chi connectivity index (χ2v) is 9.67. The summed E-state index contributed by atoms with van der Waals surface area (Å²) in [5, 5.41) is 9.98. The molecule has 5 rings (SSSR count). The molecule has 1 atom stereocenters. The van der Waals surface area contributed by atoms with Crippen LogP contribution in [0.4, 0.5) is 6.01 Å². The normalized spacial score (nSPS) is 11.7. The minimum atomic E-state index is -0.899. The van der Waals surface area contributed by atoms with Gasteiger partial charge in [-0.2, -0.15) is 4.98 Å². The number of ether oxygens (including phenoxy) is 1. The van der Waals surface area contributed by atoms with Crippen molar-refractivity contribution in [3.8, 4) is 5.75 Å². The molecule has 0 aliphatic heterocycles. The van der Waals surface area contributed by atoms with E-state index >= 15 is 0 Å². The summed E-state index contributed by atoms with van der Waals surface area (Å²) < 4.78 is 11.7. The maximum atomic E-state index is 13.1. The van der Waals surface area contributed by atoms with E-state index in [1.54, 1.807) is 24.3 Å². The largest absolute Gasteiger partial charge is 0.492 e. The number of aromatic nitrogens is 1. The van der Waals surface area contributed by atoms with Crippen LogP contribution in [0.2, 0.25) is 0 Å². The Morgan fingerprint density at radius 1 is 0.875 bits per heavy atom. The van der Waals surface area contributed by atoms with Crippen LogP contribution in [0.15, 0.2) is 108 Å². The molecule has 1 N–H and O–H groups in total. The van der Waals surface area contributed by atoms with Crippen molar-refractivity contribution in [1.29, 1.82) is 0 Å². The van der Waals surface area contributed by atoms with E-state index in [0.717, 1.165) is 22.2 Å². The lowest BCUT2D eigenvalue weighted by Crippen LogP contribution is -2.24. The fourth-order valence-corrected chi connectivity index (χ4v) is 4.60. The predicted octanol–water partition coefficient (Wildman–Crippen LogP) is 6.06. The summed E-state index contributed by atoms with van der Waals surface area (Å²) >= 11 is 0. The molecule has 0 radical (unpaired) electrons. The monoisotopic (exact) mass is 534 g/mol. The van der Waals surface area contributed by atoms with Crippen LogP contribution in [0.25, 0.3) is 11.1 Å². The summed E-state index contributed by atoms with van der Waals surface area (Å²) in [6, 6.07) is 31.9. The molecule has 40 heavy (non-hydrogen) atoms. The summed E-state index contributed by atoms with van der Waals surface area (Å²) in [6.07, 6.45) is 0.592. The zero-order valence-electron chi connectivity index (χ0n) is 22.2. The Hall–Kier alpha value is -4.91. The van der Waals surface area contributed by atoms with Crippen molar-refractivity contribution in [2.24, 2.45) is 5.92 Å². The third kappa shape index (κ3) is 6.38. The number of carboxylic acid groups (broad SMARTS) is 1. The Bertz CT molecular complexity index is 1560. The third-order valence-corrected chi connectivity index (χ3v) is 6.82. The van der Waals surface area contributed by atoms with Crippen molar-refractivity contribution in [2.45, 2.75) is 12.8 Å². The highest BCUT2D eigenvalue weighted by Crippen LogP contribution is 2.23. The van der Waals surface area contributed by atoms with Crippen molar-refractivity contribution in [2.75, 3.05) is 25.1 Å². The molecule has 5 aromatic rings. The van der Waals surface area contributed by atoms with Gasteiger partial charge in [-0.1, -0.05) is 78.9 Å². The highest BCUT2D eigenvalue weighted by atomic mass is 16.5. The number of rotatable bonds is 12. The molecule has 1 unspecified atom stereocenters. The molecule has 4 aromatic carbocycles. The van der Waals surface area contributed by atoms with Crippen LogP contribution in [-0.4, -0.2) is 42.0 Å². The van der Waals surface area contributed by atoms with Gasteiger partial charge in [0, 0.05) is 18.2 Å². The SMILES string of the molecule is CN(CCOc1ccc(CC(Cc2ccccc2C(=O)c2ccccc2)C(=O)O)cc1)c1nc2ccccc2o1. The van der Waals surface area contributed by atoms with E-state index in [4.69, 9.17) is 9.15 Å². The molecule has 1 aromatic heterocycles. The van der Waals surface area contributed by atoms with E-state index < -0.39 is 11.9 Å². The highest BCUT2D eigenvalue weighted by Gasteiger charge is 2.22. The molecule has 0 amide bonds. The van der Waals surface area contributed by atoms with Crippen LogP contribution in [0.5, 0.6) is 5.75 Å². The van der Waals surface area contributed by atoms with Crippen LogP contribution in [0.3, 0.4) is 0 Å². The number of carbonyl (C=O) groups is 2. The van der Waals surface area contributed by atoms with Crippen molar-refractivity contribution in [3.05, 3.63) is 125 Å². The van der Waals surface area contributed by atoms with E-state index in [-0.39, 0.29) is 12.2 Å². The number of oxazole rings is 1. The lowest BCUT2D eigenvalue weighted by Gasteiger charge is -2.16. The third-order valence-electron chi connectivity index (χ3n) is 6.82. The second kappa shape index (κ2) is 12.3. The molecule has 0 bridgehead atoms. The molecule has 202 valence electrons. The van der Waals surface area contributed by atoms with Crippen molar-refractivity contribution in [1.82, 2.24) is 4.98 Å². The van der Waals surface area contributed by atoms with Gasteiger partial charge in [-0.15, -0.1) is 0 Å². The van der Waals surface area contributed by atoms with Crippen LogP contribution in [-0.2, 0) is 17.6 Å². The number of benzene rings is 4. The molecule has 0 saturated heterocycles. The zero-order chi connectivity index (χ0) is 27.9. The Labute approximate surface area is 232 Å². The smallest absolute Gasteiger partial charge is 0.307 e. The summed E-state index contributed by atoms with van der Waals surface area (Å²) in [7, 11) is 1.90. The molecule has 0 aliphatic rings. The van der Waals surface area contributed by atoms with Gasteiger partial charge in [0.15, 0.2) is 11.4 Å². The van der Waals surface area contributed by atoms with Gasteiger partial charge in [0.2, 0.25) is 0 Å². The van der Waals surface area contributed by atoms with Crippen LogP contribution in [0.1, 0.15) is 27.0 Å². The first-order chi connectivity index (χ1) is 19.5. The topological polar surface area (TPSA) is 92.9 Å². The van der Waals surface area contributed by atoms with E-state index in [1.165, 1.54) is 0 Å². The average Bonchev–Trinajstić information content (AvgIpc) is 3.43. The zero-order valence-corrected chi connectivity index (χ0v) is 22.2. The van der Waals surface area contributed by atoms with Crippen molar-refractivity contribution in [3.63, 3.8) is 0 Å². The number of likely N-dealkylation sites (N-methyl/N-ethyl adjacent to an activating group) is 1. The second-order valence-electron chi connectivity index (χ2n) is 9.67. The highest BCUT2D eigenvalue weighted by molar-refractivity contribution is 6.09.